The molecular formula is C22H35N3O6S. The molecule has 1 N–H and O–H groups in total. The van der Waals surface area contributed by atoms with Crippen LogP contribution < -0.4 is 14.8 Å². The summed E-state index contributed by atoms with van der Waals surface area (Å²) in [4.78, 5) is 36.4. The Bertz CT molecular complexity index is 770. The molecule has 1 aromatic carbocycles. The predicted molar refractivity (Wildman–Crippen MR) is 126 cm³/mol. The summed E-state index contributed by atoms with van der Waals surface area (Å²) in [6.07, 6.45) is 1.73. The summed E-state index contributed by atoms with van der Waals surface area (Å²) >= 11 is 0.846. The SMILES string of the molecule is CCCc1cc(OC(=O)COCC(=O)NCC(C)(C)SN=O)c(C)cc1OCCN(C)C. The number of carbonyl (C=O) groups is 2. The smallest absolute Gasteiger partial charge is 0.337 e. The van der Waals surface area contributed by atoms with E-state index in [-0.39, 0.29) is 19.8 Å². The molecule has 0 saturated carbocycles. The van der Waals surface area contributed by atoms with Crippen molar-refractivity contribution in [2.45, 2.75) is 45.3 Å². The van der Waals surface area contributed by atoms with Gasteiger partial charge in [-0.2, -0.15) is 0 Å². The van der Waals surface area contributed by atoms with Crippen LogP contribution in [0.15, 0.2) is 16.7 Å². The first-order valence-electron chi connectivity index (χ1n) is 10.5. The molecule has 0 radical (unpaired) electrons. The van der Waals surface area contributed by atoms with E-state index in [1.54, 1.807) is 13.8 Å². The maximum atomic E-state index is 12.2. The maximum Gasteiger partial charge on any atom is 0.337 e. The molecule has 0 aliphatic carbocycles. The Balaban J connectivity index is 2.58. The first-order valence-corrected chi connectivity index (χ1v) is 11.3. The number of carbonyl (C=O) groups excluding carboxylic acids is 2. The van der Waals surface area contributed by atoms with Crippen LogP contribution in [0.3, 0.4) is 0 Å². The van der Waals surface area contributed by atoms with Crippen LogP contribution in [0.2, 0.25) is 0 Å². The molecule has 0 heterocycles. The average molecular weight is 470 g/mol. The van der Waals surface area contributed by atoms with Crippen molar-refractivity contribution in [2.24, 2.45) is 4.58 Å². The highest BCUT2D eigenvalue weighted by molar-refractivity contribution is 7.99. The summed E-state index contributed by atoms with van der Waals surface area (Å²) < 4.78 is 18.8. The lowest BCUT2D eigenvalue weighted by Crippen LogP contribution is -2.38. The average Bonchev–Trinajstić information content (AvgIpc) is 2.69. The molecule has 0 aromatic heterocycles. The van der Waals surface area contributed by atoms with Gasteiger partial charge in [0.1, 0.15) is 31.3 Å². The van der Waals surface area contributed by atoms with E-state index in [2.05, 4.69) is 16.8 Å². The Kier molecular flexibility index (Phi) is 12.3. The highest BCUT2D eigenvalue weighted by Gasteiger charge is 2.21. The molecule has 0 aliphatic rings. The molecule has 9 nitrogen and oxygen atoms in total. The normalized spacial score (nSPS) is 11.3. The quantitative estimate of drug-likeness (QED) is 0.181. The van der Waals surface area contributed by atoms with Gasteiger partial charge in [0.2, 0.25) is 5.91 Å². The number of rotatable bonds is 15. The van der Waals surface area contributed by atoms with Gasteiger partial charge in [-0.15, -0.1) is 4.91 Å². The fourth-order valence-electron chi connectivity index (χ4n) is 2.63. The molecular weight excluding hydrogens is 434 g/mol. The number of amides is 1. The van der Waals surface area contributed by atoms with Crippen LogP contribution in [0, 0.1) is 11.8 Å². The van der Waals surface area contributed by atoms with Gasteiger partial charge < -0.3 is 24.4 Å². The zero-order valence-electron chi connectivity index (χ0n) is 19.9. The fraction of sp³-hybridized carbons (Fsp3) is 0.636. The molecule has 0 bridgehead atoms. The number of likely N-dealkylation sites (N-methyl/N-ethyl adjacent to an activating group) is 1. The number of hydrogen-bond donors (Lipinski definition) is 1. The molecule has 0 saturated heterocycles. The Morgan fingerprint density at radius 1 is 1.19 bits per heavy atom. The van der Waals surface area contributed by atoms with Crippen LogP contribution >= 0.6 is 11.9 Å². The second kappa shape index (κ2) is 14.1. The second-order valence-electron chi connectivity index (χ2n) is 8.30. The molecule has 0 aliphatic heterocycles. The molecule has 0 atom stereocenters. The second-order valence-corrected chi connectivity index (χ2v) is 9.73. The van der Waals surface area contributed by atoms with Gasteiger partial charge in [0.25, 0.3) is 0 Å². The summed E-state index contributed by atoms with van der Waals surface area (Å²) in [6, 6.07) is 3.71. The standard InChI is InChI=1S/C22H35N3O6S/c1-7-8-17-12-18(16(2)11-19(17)30-10-9-25(5)6)31-21(27)14-29-13-20(26)23-15-22(3,4)32-24-28/h11-12H,7-10,13-15H2,1-6H3,(H,23,26). The molecule has 0 spiro atoms. The summed E-state index contributed by atoms with van der Waals surface area (Å²) in [5.74, 6) is 0.264. The largest absolute Gasteiger partial charge is 0.492 e. The Labute approximate surface area is 194 Å². The van der Waals surface area contributed by atoms with Crippen LogP contribution in [0.5, 0.6) is 11.5 Å². The third kappa shape index (κ3) is 10.9. The molecule has 1 rings (SSSR count). The number of ether oxygens (including phenoxy) is 3. The van der Waals surface area contributed by atoms with E-state index >= 15 is 0 Å². The van der Waals surface area contributed by atoms with Gasteiger partial charge in [0.05, 0.1) is 4.75 Å². The van der Waals surface area contributed by atoms with Gasteiger partial charge >= 0.3 is 5.97 Å². The van der Waals surface area contributed by atoms with Crippen LogP contribution in [-0.4, -0.2) is 68.5 Å². The number of esters is 1. The van der Waals surface area contributed by atoms with E-state index < -0.39 is 16.6 Å². The lowest BCUT2D eigenvalue weighted by Gasteiger charge is -2.19. The van der Waals surface area contributed by atoms with Crippen molar-refractivity contribution in [2.75, 3.05) is 47.0 Å². The number of nitrogens with zero attached hydrogens (tertiary/aromatic N) is 2. The summed E-state index contributed by atoms with van der Waals surface area (Å²) in [6.45, 7) is 8.46. The Morgan fingerprint density at radius 2 is 1.91 bits per heavy atom. The van der Waals surface area contributed by atoms with Crippen molar-refractivity contribution in [3.05, 3.63) is 28.2 Å². The molecule has 0 unspecified atom stereocenters. The van der Waals surface area contributed by atoms with E-state index in [0.717, 1.165) is 48.2 Å². The minimum atomic E-state index is -0.592. The van der Waals surface area contributed by atoms with Crippen molar-refractivity contribution in [3.8, 4) is 11.5 Å². The monoisotopic (exact) mass is 469 g/mol. The number of hydrogen-bond acceptors (Lipinski definition) is 9. The lowest BCUT2D eigenvalue weighted by atomic mass is 10.1. The van der Waals surface area contributed by atoms with E-state index in [1.807, 2.05) is 38.1 Å². The van der Waals surface area contributed by atoms with Crippen molar-refractivity contribution >= 4 is 23.8 Å². The van der Waals surface area contributed by atoms with Gasteiger partial charge in [0.15, 0.2) is 0 Å². The molecule has 1 amide bonds. The zero-order valence-corrected chi connectivity index (χ0v) is 20.7. The van der Waals surface area contributed by atoms with E-state index in [1.165, 1.54) is 0 Å². The van der Waals surface area contributed by atoms with Crippen molar-refractivity contribution in [1.29, 1.82) is 0 Å². The number of nitrogens with one attached hydrogen (secondary N) is 1. The minimum absolute atomic E-state index is 0.248. The van der Waals surface area contributed by atoms with Crippen LogP contribution in [0.25, 0.3) is 0 Å². The van der Waals surface area contributed by atoms with Gasteiger partial charge in [-0.3, -0.25) is 4.79 Å². The summed E-state index contributed by atoms with van der Waals surface area (Å²) in [5.41, 5.74) is 1.75. The van der Waals surface area contributed by atoms with Crippen LogP contribution in [-0.2, 0) is 20.7 Å². The Morgan fingerprint density at radius 3 is 2.53 bits per heavy atom. The number of benzene rings is 1. The number of nitroso groups, excluding NO2 is 1. The third-order valence-corrected chi connectivity index (χ3v) is 5.06. The van der Waals surface area contributed by atoms with Gasteiger partial charge in [-0.1, -0.05) is 13.3 Å². The Hall–Kier alpha value is -2.17. The van der Waals surface area contributed by atoms with Crippen molar-refractivity contribution < 1.29 is 23.8 Å². The first-order chi connectivity index (χ1) is 15.1. The van der Waals surface area contributed by atoms with Crippen LogP contribution in [0.4, 0.5) is 0 Å². The van der Waals surface area contributed by atoms with Gasteiger partial charge in [-0.25, -0.2) is 4.79 Å². The minimum Gasteiger partial charge on any atom is -0.492 e. The van der Waals surface area contributed by atoms with E-state index in [0.29, 0.717) is 12.4 Å². The predicted octanol–water partition coefficient (Wildman–Crippen LogP) is 3.12. The van der Waals surface area contributed by atoms with Crippen LogP contribution in [0.1, 0.15) is 38.3 Å². The van der Waals surface area contributed by atoms with Crippen molar-refractivity contribution in [1.82, 2.24) is 10.2 Å². The molecule has 1 aromatic rings. The van der Waals surface area contributed by atoms with Gasteiger partial charge in [-0.05, 0) is 64.5 Å². The topological polar surface area (TPSA) is 107 Å². The highest BCUT2D eigenvalue weighted by atomic mass is 32.2. The third-order valence-electron chi connectivity index (χ3n) is 4.35. The van der Waals surface area contributed by atoms with E-state index in [9.17, 15) is 14.5 Å². The zero-order chi connectivity index (χ0) is 24.1. The first kappa shape index (κ1) is 27.9. The van der Waals surface area contributed by atoms with Gasteiger partial charge in [0, 0.05) is 29.6 Å². The highest BCUT2D eigenvalue weighted by Crippen LogP contribution is 2.30. The van der Waals surface area contributed by atoms with Crippen molar-refractivity contribution in [3.63, 3.8) is 0 Å². The molecule has 180 valence electrons. The molecule has 32 heavy (non-hydrogen) atoms. The fourth-order valence-corrected chi connectivity index (χ4v) is 2.96. The van der Waals surface area contributed by atoms with E-state index in [4.69, 9.17) is 14.2 Å². The number of aryl methyl sites for hydroxylation is 2. The lowest BCUT2D eigenvalue weighted by molar-refractivity contribution is -0.141. The molecule has 10 heteroatoms. The molecule has 0 fully saturated rings. The summed E-state index contributed by atoms with van der Waals surface area (Å²) in [5, 5.41) is 2.64. The summed E-state index contributed by atoms with van der Waals surface area (Å²) in [7, 11) is 3.97. The maximum absolute atomic E-state index is 12.2.